The summed E-state index contributed by atoms with van der Waals surface area (Å²) in [6.07, 6.45) is 3.08. The number of nitro benzene ring substituents is 1. The maximum Gasteiger partial charge on any atom is 0.287 e. The summed E-state index contributed by atoms with van der Waals surface area (Å²) in [4.78, 5) is 21.9. The van der Waals surface area contributed by atoms with Gasteiger partial charge in [-0.1, -0.05) is 11.6 Å². The fraction of sp³-hybridized carbons (Fsp3) is 0.462. The van der Waals surface area contributed by atoms with Gasteiger partial charge in [-0.3, -0.25) is 14.9 Å². The first-order valence-electron chi connectivity index (χ1n) is 6.41. The van der Waals surface area contributed by atoms with Crippen molar-refractivity contribution in [1.82, 2.24) is 5.32 Å². The van der Waals surface area contributed by atoms with Crippen LogP contribution in [-0.2, 0) is 4.74 Å². The van der Waals surface area contributed by atoms with Gasteiger partial charge in [0.15, 0.2) is 0 Å². The van der Waals surface area contributed by atoms with Crippen molar-refractivity contribution < 1.29 is 14.5 Å². The zero-order chi connectivity index (χ0) is 14.5. The SMILES string of the molecule is O=C(NCCC1CCCO1)c1ccc([N+](=O)[O-])c(Cl)c1. The van der Waals surface area contributed by atoms with Crippen LogP contribution in [0, 0.1) is 10.1 Å². The molecule has 1 aliphatic heterocycles. The van der Waals surface area contributed by atoms with Crippen LogP contribution in [0.5, 0.6) is 0 Å². The first kappa shape index (κ1) is 14.7. The van der Waals surface area contributed by atoms with Crippen LogP contribution in [0.2, 0.25) is 5.02 Å². The van der Waals surface area contributed by atoms with Crippen molar-refractivity contribution in [2.24, 2.45) is 0 Å². The molecular formula is C13H15ClN2O4. The van der Waals surface area contributed by atoms with Crippen LogP contribution in [0.15, 0.2) is 18.2 Å². The summed E-state index contributed by atoms with van der Waals surface area (Å²) < 4.78 is 5.45. The van der Waals surface area contributed by atoms with E-state index in [1.807, 2.05) is 0 Å². The Morgan fingerprint density at radius 1 is 1.55 bits per heavy atom. The molecule has 1 saturated heterocycles. The van der Waals surface area contributed by atoms with Gasteiger partial charge in [-0.05, 0) is 31.4 Å². The van der Waals surface area contributed by atoms with Gasteiger partial charge in [-0.25, -0.2) is 0 Å². The minimum absolute atomic E-state index is 0.0400. The zero-order valence-electron chi connectivity index (χ0n) is 10.8. The molecule has 0 spiro atoms. The molecule has 6 nitrogen and oxygen atoms in total. The molecule has 0 bridgehead atoms. The standard InChI is InChI=1S/C13H15ClN2O4/c14-11-8-9(3-4-12(11)16(18)19)13(17)15-6-5-10-2-1-7-20-10/h3-4,8,10H,1-2,5-7H2,(H,15,17). The van der Waals surface area contributed by atoms with E-state index >= 15 is 0 Å². The van der Waals surface area contributed by atoms with E-state index in [0.29, 0.717) is 12.1 Å². The number of amides is 1. The molecular weight excluding hydrogens is 284 g/mol. The van der Waals surface area contributed by atoms with E-state index in [2.05, 4.69) is 5.32 Å². The number of carbonyl (C=O) groups excluding carboxylic acids is 1. The van der Waals surface area contributed by atoms with E-state index in [9.17, 15) is 14.9 Å². The number of hydrogen-bond acceptors (Lipinski definition) is 4. The van der Waals surface area contributed by atoms with Crippen LogP contribution in [0.4, 0.5) is 5.69 Å². The summed E-state index contributed by atoms with van der Waals surface area (Å²) in [5.41, 5.74) is 0.107. The van der Waals surface area contributed by atoms with Crippen molar-refractivity contribution in [2.45, 2.75) is 25.4 Å². The van der Waals surface area contributed by atoms with Crippen molar-refractivity contribution in [3.8, 4) is 0 Å². The maximum atomic E-state index is 11.9. The van der Waals surface area contributed by atoms with Gasteiger partial charge < -0.3 is 10.1 Å². The molecule has 0 saturated carbocycles. The van der Waals surface area contributed by atoms with E-state index in [-0.39, 0.29) is 22.7 Å². The highest BCUT2D eigenvalue weighted by Gasteiger charge is 2.17. The predicted octanol–water partition coefficient (Wildman–Crippen LogP) is 2.55. The van der Waals surface area contributed by atoms with Crippen LogP contribution in [-0.4, -0.2) is 30.1 Å². The number of hydrogen-bond donors (Lipinski definition) is 1. The Hall–Kier alpha value is -1.66. The Kier molecular flexibility index (Phi) is 4.92. The van der Waals surface area contributed by atoms with Crippen LogP contribution >= 0.6 is 11.6 Å². The summed E-state index contributed by atoms with van der Waals surface area (Å²) in [5.74, 6) is -0.292. The Morgan fingerprint density at radius 3 is 2.95 bits per heavy atom. The molecule has 1 N–H and O–H groups in total. The lowest BCUT2D eigenvalue weighted by Crippen LogP contribution is -2.27. The number of benzene rings is 1. The molecule has 1 atom stereocenters. The molecule has 0 aromatic heterocycles. The number of carbonyl (C=O) groups is 1. The molecule has 1 amide bonds. The highest BCUT2D eigenvalue weighted by Crippen LogP contribution is 2.24. The van der Waals surface area contributed by atoms with E-state index < -0.39 is 4.92 Å². The van der Waals surface area contributed by atoms with Gasteiger partial charge in [0, 0.05) is 24.8 Å². The Morgan fingerprint density at radius 2 is 2.35 bits per heavy atom. The normalized spacial score (nSPS) is 17.9. The van der Waals surface area contributed by atoms with Crippen molar-refractivity contribution >= 4 is 23.2 Å². The second-order valence-electron chi connectivity index (χ2n) is 4.60. The van der Waals surface area contributed by atoms with Gasteiger partial charge in [0.25, 0.3) is 11.6 Å². The molecule has 1 aromatic carbocycles. The topological polar surface area (TPSA) is 81.5 Å². The fourth-order valence-corrected chi connectivity index (χ4v) is 2.37. The van der Waals surface area contributed by atoms with E-state index in [1.165, 1.54) is 18.2 Å². The molecule has 1 aromatic rings. The van der Waals surface area contributed by atoms with Crippen LogP contribution in [0.3, 0.4) is 0 Å². The number of nitrogens with one attached hydrogen (secondary N) is 1. The Labute approximate surface area is 121 Å². The minimum Gasteiger partial charge on any atom is -0.378 e. The molecule has 2 rings (SSSR count). The second kappa shape index (κ2) is 6.67. The Balaban J connectivity index is 1.88. The molecule has 7 heteroatoms. The predicted molar refractivity (Wildman–Crippen MR) is 74.0 cm³/mol. The molecule has 1 aliphatic rings. The quantitative estimate of drug-likeness (QED) is 0.669. The van der Waals surface area contributed by atoms with Crippen molar-refractivity contribution in [3.63, 3.8) is 0 Å². The molecule has 1 unspecified atom stereocenters. The van der Waals surface area contributed by atoms with Crippen molar-refractivity contribution in [2.75, 3.05) is 13.2 Å². The number of ether oxygens (including phenoxy) is 1. The molecule has 1 heterocycles. The summed E-state index contributed by atoms with van der Waals surface area (Å²) >= 11 is 5.76. The average molecular weight is 299 g/mol. The fourth-order valence-electron chi connectivity index (χ4n) is 2.12. The number of nitro groups is 1. The van der Waals surface area contributed by atoms with E-state index in [1.54, 1.807) is 0 Å². The number of halogens is 1. The maximum absolute atomic E-state index is 11.9. The number of rotatable bonds is 5. The largest absolute Gasteiger partial charge is 0.378 e. The van der Waals surface area contributed by atoms with Gasteiger partial charge in [-0.15, -0.1) is 0 Å². The van der Waals surface area contributed by atoms with Gasteiger partial charge >= 0.3 is 0 Å². The third-order valence-corrected chi connectivity index (χ3v) is 3.49. The molecule has 1 fully saturated rings. The molecule has 0 radical (unpaired) electrons. The van der Waals surface area contributed by atoms with Crippen LogP contribution in [0.25, 0.3) is 0 Å². The van der Waals surface area contributed by atoms with E-state index in [4.69, 9.17) is 16.3 Å². The average Bonchev–Trinajstić information content (AvgIpc) is 2.91. The summed E-state index contributed by atoms with van der Waals surface area (Å²) in [5, 5.41) is 13.3. The third kappa shape index (κ3) is 3.68. The lowest BCUT2D eigenvalue weighted by atomic mass is 10.1. The smallest absolute Gasteiger partial charge is 0.287 e. The van der Waals surface area contributed by atoms with E-state index in [0.717, 1.165) is 25.9 Å². The molecule has 108 valence electrons. The zero-order valence-corrected chi connectivity index (χ0v) is 11.6. The first-order valence-corrected chi connectivity index (χ1v) is 6.79. The lowest BCUT2D eigenvalue weighted by molar-refractivity contribution is -0.384. The minimum atomic E-state index is -0.582. The van der Waals surface area contributed by atoms with Gasteiger partial charge in [-0.2, -0.15) is 0 Å². The van der Waals surface area contributed by atoms with Crippen LogP contribution in [0.1, 0.15) is 29.6 Å². The van der Waals surface area contributed by atoms with Crippen molar-refractivity contribution in [3.05, 3.63) is 38.9 Å². The molecule has 20 heavy (non-hydrogen) atoms. The summed E-state index contributed by atoms with van der Waals surface area (Å²) in [6.45, 7) is 1.30. The first-order chi connectivity index (χ1) is 9.58. The summed E-state index contributed by atoms with van der Waals surface area (Å²) in [7, 11) is 0. The number of nitrogens with zero attached hydrogens (tertiary/aromatic N) is 1. The monoisotopic (exact) mass is 298 g/mol. The lowest BCUT2D eigenvalue weighted by Gasteiger charge is -2.10. The highest BCUT2D eigenvalue weighted by molar-refractivity contribution is 6.33. The Bertz CT molecular complexity index is 515. The molecule has 0 aliphatic carbocycles. The van der Waals surface area contributed by atoms with Gasteiger partial charge in [0.2, 0.25) is 0 Å². The summed E-state index contributed by atoms with van der Waals surface area (Å²) in [6, 6.07) is 3.93. The third-order valence-electron chi connectivity index (χ3n) is 3.18. The van der Waals surface area contributed by atoms with Gasteiger partial charge in [0.05, 0.1) is 11.0 Å². The van der Waals surface area contributed by atoms with Gasteiger partial charge in [0.1, 0.15) is 5.02 Å². The highest BCUT2D eigenvalue weighted by atomic mass is 35.5. The van der Waals surface area contributed by atoms with Crippen molar-refractivity contribution in [1.29, 1.82) is 0 Å². The second-order valence-corrected chi connectivity index (χ2v) is 5.01. The van der Waals surface area contributed by atoms with Crippen LogP contribution < -0.4 is 5.32 Å².